The van der Waals surface area contributed by atoms with Crippen LogP contribution in [0.2, 0.25) is 0 Å². The Bertz CT molecular complexity index is 560. The third-order valence-electron chi connectivity index (χ3n) is 5.12. The fraction of sp³-hybridized carbons (Fsp3) is 0.783. The molecular weight excluding hydrogens is 372 g/mol. The fourth-order valence-corrected chi connectivity index (χ4v) is 3.21. The number of allylic oxidation sites excluding steroid dienone is 1. The minimum Gasteiger partial charge on any atom is -0.461 e. The van der Waals surface area contributed by atoms with Crippen molar-refractivity contribution in [2.75, 3.05) is 13.2 Å². The first-order valence-electron chi connectivity index (χ1n) is 10.9. The highest BCUT2D eigenvalue weighted by Gasteiger charge is 2.45. The first-order valence-corrected chi connectivity index (χ1v) is 10.9. The van der Waals surface area contributed by atoms with E-state index in [1.54, 1.807) is 20.8 Å². The first kappa shape index (κ1) is 25.3. The average Bonchev–Trinajstić information content (AvgIpc) is 2.99. The molecule has 1 aliphatic heterocycles. The van der Waals surface area contributed by atoms with Crippen LogP contribution in [0.25, 0.3) is 0 Å². The van der Waals surface area contributed by atoms with E-state index in [2.05, 4.69) is 0 Å². The van der Waals surface area contributed by atoms with Crippen LogP contribution in [-0.2, 0) is 23.9 Å². The smallest absolute Gasteiger partial charge is 0.334 e. The van der Waals surface area contributed by atoms with E-state index < -0.39 is 17.0 Å². The Morgan fingerprint density at radius 1 is 1.07 bits per heavy atom. The molecule has 1 unspecified atom stereocenters. The van der Waals surface area contributed by atoms with Gasteiger partial charge < -0.3 is 19.4 Å². The van der Waals surface area contributed by atoms with Gasteiger partial charge in [-0.05, 0) is 40.0 Å². The molecule has 1 heterocycles. The molecule has 1 atom stereocenters. The Balaban J connectivity index is 2.28. The quantitative estimate of drug-likeness (QED) is 0.199. The normalized spacial score (nSPS) is 20.7. The molecule has 0 radical (unpaired) electrons. The van der Waals surface area contributed by atoms with E-state index in [0.717, 1.165) is 38.4 Å². The van der Waals surface area contributed by atoms with Gasteiger partial charge in [0.25, 0.3) is 0 Å². The van der Waals surface area contributed by atoms with E-state index in [1.807, 2.05) is 6.08 Å². The van der Waals surface area contributed by atoms with Crippen LogP contribution in [0.1, 0.15) is 91.4 Å². The molecule has 0 aromatic heterocycles. The lowest BCUT2D eigenvalue weighted by molar-refractivity contribution is -0.171. The number of esters is 2. The molecule has 0 aromatic rings. The summed E-state index contributed by atoms with van der Waals surface area (Å²) in [5.74, 6) is -0.816. The summed E-state index contributed by atoms with van der Waals surface area (Å²) < 4.78 is 10.6. The summed E-state index contributed by atoms with van der Waals surface area (Å²) in [5.41, 5.74) is -1.25. The number of ether oxygens (including phenoxy) is 2. The molecule has 6 heteroatoms. The van der Waals surface area contributed by atoms with E-state index in [-0.39, 0.29) is 25.6 Å². The molecule has 0 aliphatic carbocycles. The Labute approximate surface area is 175 Å². The Morgan fingerprint density at radius 2 is 1.62 bits per heavy atom. The number of hydrogen-bond acceptors (Lipinski definition) is 6. The highest BCUT2D eigenvalue weighted by atomic mass is 16.6. The molecule has 29 heavy (non-hydrogen) atoms. The Hall–Kier alpha value is -1.69. The molecule has 1 rings (SSSR count). The summed E-state index contributed by atoms with van der Waals surface area (Å²) in [6, 6.07) is 0. The molecule has 1 saturated heterocycles. The van der Waals surface area contributed by atoms with E-state index >= 15 is 0 Å². The van der Waals surface area contributed by atoms with Crippen LogP contribution in [0.3, 0.4) is 0 Å². The van der Waals surface area contributed by atoms with Gasteiger partial charge in [-0.3, -0.25) is 4.79 Å². The maximum Gasteiger partial charge on any atom is 0.334 e. The van der Waals surface area contributed by atoms with Gasteiger partial charge in [-0.15, -0.1) is 0 Å². The van der Waals surface area contributed by atoms with Gasteiger partial charge in [0.15, 0.2) is 5.60 Å². The molecule has 0 bridgehead atoms. The van der Waals surface area contributed by atoms with E-state index in [1.165, 1.54) is 25.7 Å². The van der Waals surface area contributed by atoms with Gasteiger partial charge >= 0.3 is 11.9 Å². The van der Waals surface area contributed by atoms with Crippen LogP contribution in [0.5, 0.6) is 0 Å². The van der Waals surface area contributed by atoms with Crippen molar-refractivity contribution in [1.29, 1.82) is 0 Å². The van der Waals surface area contributed by atoms with Crippen molar-refractivity contribution < 1.29 is 29.0 Å². The molecule has 0 saturated carbocycles. The standard InChI is InChI=1S/C23H38O6/c1-22(2,3)21(27)28-18-23(17-25)16-19(20(26)29-23)14-12-10-8-6-4-5-7-9-11-13-15-24/h14-15,25H,4-13,16-18H2,1-3H3/b19-14+. The van der Waals surface area contributed by atoms with Crippen molar-refractivity contribution in [2.45, 2.75) is 97.0 Å². The van der Waals surface area contributed by atoms with Gasteiger partial charge in [-0.25, -0.2) is 4.79 Å². The lowest BCUT2D eigenvalue weighted by atomic mass is 9.96. The molecular formula is C23H38O6. The average molecular weight is 411 g/mol. The number of rotatable bonds is 14. The van der Waals surface area contributed by atoms with Crippen molar-refractivity contribution in [3.63, 3.8) is 0 Å². The summed E-state index contributed by atoms with van der Waals surface area (Å²) in [5, 5.41) is 9.71. The van der Waals surface area contributed by atoms with E-state index in [9.17, 15) is 19.5 Å². The first-order chi connectivity index (χ1) is 13.7. The predicted octanol–water partition coefficient (Wildman–Crippen LogP) is 4.28. The zero-order valence-corrected chi connectivity index (χ0v) is 18.3. The number of aliphatic hydroxyl groups excluding tert-OH is 1. The van der Waals surface area contributed by atoms with Crippen LogP contribution in [0.15, 0.2) is 11.6 Å². The van der Waals surface area contributed by atoms with Gasteiger partial charge in [-0.1, -0.05) is 44.6 Å². The minimum atomic E-state index is -1.16. The molecule has 1 aliphatic rings. The predicted molar refractivity (Wildman–Crippen MR) is 111 cm³/mol. The molecule has 1 N–H and O–H groups in total. The summed E-state index contributed by atoms with van der Waals surface area (Å²) in [7, 11) is 0. The second-order valence-electron chi connectivity index (χ2n) is 9.04. The van der Waals surface area contributed by atoms with Crippen LogP contribution in [0.4, 0.5) is 0 Å². The minimum absolute atomic E-state index is 0.129. The van der Waals surface area contributed by atoms with Gasteiger partial charge in [0.1, 0.15) is 12.9 Å². The number of aldehydes is 1. The highest BCUT2D eigenvalue weighted by molar-refractivity contribution is 5.91. The third-order valence-corrected chi connectivity index (χ3v) is 5.12. The number of hydrogen-bond donors (Lipinski definition) is 1. The van der Waals surface area contributed by atoms with Gasteiger partial charge in [0.2, 0.25) is 0 Å². The van der Waals surface area contributed by atoms with Crippen molar-refractivity contribution in [1.82, 2.24) is 0 Å². The van der Waals surface area contributed by atoms with Crippen LogP contribution >= 0.6 is 0 Å². The SMILES string of the molecule is CC(C)(C)C(=O)OCC1(CO)C/C(=C\CCCCCCCCCCC=O)C(=O)O1. The molecule has 1 fully saturated rings. The largest absolute Gasteiger partial charge is 0.461 e. The van der Waals surface area contributed by atoms with Gasteiger partial charge in [0.05, 0.1) is 12.0 Å². The summed E-state index contributed by atoms with van der Waals surface area (Å²) in [4.78, 5) is 34.3. The van der Waals surface area contributed by atoms with Gasteiger partial charge in [-0.2, -0.15) is 0 Å². The number of cyclic esters (lactones) is 1. The van der Waals surface area contributed by atoms with Crippen molar-refractivity contribution >= 4 is 18.2 Å². The number of carbonyl (C=O) groups is 3. The van der Waals surface area contributed by atoms with Crippen LogP contribution in [0, 0.1) is 5.41 Å². The Kier molecular flexibility index (Phi) is 11.2. The monoisotopic (exact) mass is 410 g/mol. The fourth-order valence-electron chi connectivity index (χ4n) is 3.21. The molecule has 6 nitrogen and oxygen atoms in total. The highest BCUT2D eigenvalue weighted by Crippen LogP contribution is 2.32. The molecule has 166 valence electrons. The van der Waals surface area contributed by atoms with E-state index in [0.29, 0.717) is 12.0 Å². The lowest BCUT2D eigenvalue weighted by Crippen LogP contribution is -2.40. The second kappa shape index (κ2) is 12.8. The summed E-state index contributed by atoms with van der Waals surface area (Å²) >= 11 is 0. The molecule has 0 aromatic carbocycles. The van der Waals surface area contributed by atoms with Gasteiger partial charge in [0, 0.05) is 18.4 Å². The second-order valence-corrected chi connectivity index (χ2v) is 9.04. The maximum absolute atomic E-state index is 12.1. The lowest BCUT2D eigenvalue weighted by Gasteiger charge is -2.26. The number of aliphatic hydroxyl groups is 1. The van der Waals surface area contributed by atoms with Crippen molar-refractivity contribution in [3.8, 4) is 0 Å². The Morgan fingerprint density at radius 3 is 2.14 bits per heavy atom. The molecule has 0 amide bonds. The van der Waals surface area contributed by atoms with Crippen LogP contribution in [-0.4, -0.2) is 42.1 Å². The zero-order chi connectivity index (χ0) is 21.8. The van der Waals surface area contributed by atoms with Crippen LogP contribution < -0.4 is 0 Å². The van der Waals surface area contributed by atoms with E-state index in [4.69, 9.17) is 9.47 Å². The summed E-state index contributed by atoms with van der Waals surface area (Å²) in [6.07, 6.45) is 13.6. The number of unbranched alkanes of at least 4 members (excludes halogenated alkanes) is 9. The zero-order valence-electron chi connectivity index (χ0n) is 18.3. The summed E-state index contributed by atoms with van der Waals surface area (Å²) in [6.45, 7) is 4.75. The topological polar surface area (TPSA) is 89.9 Å². The molecule has 0 spiro atoms. The maximum atomic E-state index is 12.1. The third kappa shape index (κ3) is 9.57. The van der Waals surface area contributed by atoms with Crippen molar-refractivity contribution in [3.05, 3.63) is 11.6 Å². The van der Waals surface area contributed by atoms with Crippen molar-refractivity contribution in [2.24, 2.45) is 5.41 Å². The number of carbonyl (C=O) groups excluding carboxylic acids is 3.